The molecule has 2 heterocycles. The predicted molar refractivity (Wildman–Crippen MR) is 81.2 cm³/mol. The van der Waals surface area contributed by atoms with Gasteiger partial charge in [0.1, 0.15) is 17.2 Å². The number of benzene rings is 1. The van der Waals surface area contributed by atoms with Gasteiger partial charge in [-0.15, -0.1) is 0 Å². The predicted octanol–water partition coefficient (Wildman–Crippen LogP) is 4.16. The van der Waals surface area contributed by atoms with Gasteiger partial charge in [-0.3, -0.25) is 0 Å². The van der Waals surface area contributed by atoms with E-state index in [0.29, 0.717) is 6.61 Å². The number of imidazole rings is 1. The topological polar surface area (TPSA) is 26.5 Å². The number of halogens is 1. The van der Waals surface area contributed by atoms with Gasteiger partial charge < -0.3 is 9.14 Å². The molecule has 0 atom stereocenters. The average Bonchev–Trinajstić information content (AvgIpc) is 2.85. The maximum atomic E-state index is 13.3. The smallest absolute Gasteiger partial charge is 0.139 e. The quantitative estimate of drug-likeness (QED) is 0.722. The molecule has 4 heteroatoms. The molecule has 21 heavy (non-hydrogen) atoms. The first-order valence-corrected chi connectivity index (χ1v) is 6.97. The Bertz CT molecular complexity index is 808. The van der Waals surface area contributed by atoms with E-state index in [2.05, 4.69) is 11.1 Å². The lowest BCUT2D eigenvalue weighted by Crippen LogP contribution is -1.96. The Balaban J connectivity index is 2.11. The average molecular weight is 284 g/mol. The van der Waals surface area contributed by atoms with Gasteiger partial charge in [0, 0.05) is 18.0 Å². The molecule has 0 fully saturated rings. The van der Waals surface area contributed by atoms with E-state index >= 15 is 0 Å². The van der Waals surface area contributed by atoms with Crippen molar-refractivity contribution in [1.29, 1.82) is 0 Å². The summed E-state index contributed by atoms with van der Waals surface area (Å²) in [7, 11) is 0. The van der Waals surface area contributed by atoms with Crippen LogP contribution in [0, 0.1) is 19.7 Å². The van der Waals surface area contributed by atoms with E-state index in [0.717, 1.165) is 33.8 Å². The van der Waals surface area contributed by atoms with Crippen molar-refractivity contribution in [2.45, 2.75) is 20.8 Å². The lowest BCUT2D eigenvalue weighted by Gasteiger charge is -2.11. The molecule has 3 aromatic rings. The van der Waals surface area contributed by atoms with Crippen molar-refractivity contribution in [3.8, 4) is 17.0 Å². The normalized spacial score (nSPS) is 11.0. The van der Waals surface area contributed by atoms with Crippen LogP contribution in [0.2, 0.25) is 0 Å². The maximum Gasteiger partial charge on any atom is 0.139 e. The molecule has 3 rings (SSSR count). The highest BCUT2D eigenvalue weighted by molar-refractivity contribution is 5.68. The first-order chi connectivity index (χ1) is 10.1. The van der Waals surface area contributed by atoms with Crippen LogP contribution < -0.4 is 4.74 Å². The summed E-state index contributed by atoms with van der Waals surface area (Å²) in [5.41, 5.74) is 4.77. The minimum Gasteiger partial charge on any atom is -0.494 e. The summed E-state index contributed by atoms with van der Waals surface area (Å²) in [4.78, 5) is 4.56. The molecule has 0 saturated heterocycles. The highest BCUT2D eigenvalue weighted by atomic mass is 19.1. The van der Waals surface area contributed by atoms with Crippen molar-refractivity contribution >= 4 is 5.65 Å². The van der Waals surface area contributed by atoms with Crippen LogP contribution in [-0.4, -0.2) is 16.0 Å². The number of fused-ring (bicyclic) bond motifs is 1. The lowest BCUT2D eigenvalue weighted by atomic mass is 10.0. The van der Waals surface area contributed by atoms with Gasteiger partial charge in [-0.2, -0.15) is 0 Å². The molecule has 0 spiro atoms. The fourth-order valence-electron chi connectivity index (χ4n) is 2.47. The third-order valence-electron chi connectivity index (χ3n) is 3.51. The highest BCUT2D eigenvalue weighted by Gasteiger charge is 2.11. The Morgan fingerprint density at radius 3 is 2.71 bits per heavy atom. The van der Waals surface area contributed by atoms with Crippen LogP contribution >= 0.6 is 0 Å². The Hall–Kier alpha value is -2.36. The van der Waals surface area contributed by atoms with Gasteiger partial charge >= 0.3 is 0 Å². The fourth-order valence-corrected chi connectivity index (χ4v) is 2.47. The van der Waals surface area contributed by atoms with E-state index in [-0.39, 0.29) is 5.82 Å². The number of nitrogens with zero attached hydrogens (tertiary/aromatic N) is 2. The van der Waals surface area contributed by atoms with Gasteiger partial charge in [-0.1, -0.05) is 0 Å². The van der Waals surface area contributed by atoms with Crippen LogP contribution in [0.4, 0.5) is 4.39 Å². The molecule has 0 bridgehead atoms. The molecule has 3 nitrogen and oxygen atoms in total. The van der Waals surface area contributed by atoms with Crippen molar-refractivity contribution in [2.75, 3.05) is 6.61 Å². The summed E-state index contributed by atoms with van der Waals surface area (Å²) >= 11 is 0. The van der Waals surface area contributed by atoms with Crippen LogP contribution in [-0.2, 0) is 0 Å². The Morgan fingerprint density at radius 1 is 1.14 bits per heavy atom. The maximum absolute atomic E-state index is 13.3. The molecule has 0 aliphatic heterocycles. The molecule has 2 aromatic heterocycles. The Kier molecular flexibility index (Phi) is 3.37. The van der Waals surface area contributed by atoms with Crippen molar-refractivity contribution in [3.63, 3.8) is 0 Å². The second-order valence-electron chi connectivity index (χ2n) is 5.10. The molecule has 0 radical (unpaired) electrons. The fraction of sp³-hybridized carbons (Fsp3) is 0.235. The molecule has 108 valence electrons. The van der Waals surface area contributed by atoms with Crippen molar-refractivity contribution < 1.29 is 9.13 Å². The highest BCUT2D eigenvalue weighted by Crippen LogP contribution is 2.30. The largest absolute Gasteiger partial charge is 0.494 e. The minimum absolute atomic E-state index is 0.272. The zero-order valence-electron chi connectivity index (χ0n) is 12.4. The molecule has 1 aromatic carbocycles. The zero-order valence-corrected chi connectivity index (χ0v) is 12.4. The first kappa shape index (κ1) is 13.6. The summed E-state index contributed by atoms with van der Waals surface area (Å²) in [5.74, 6) is 0.625. The molecule has 0 aliphatic carbocycles. The second-order valence-corrected chi connectivity index (χ2v) is 5.10. The molecular weight excluding hydrogens is 267 g/mol. The van der Waals surface area contributed by atoms with E-state index < -0.39 is 0 Å². The standard InChI is InChI=1S/C17H17FN2O/c1-4-21-16-8-11(2)14(7-12(16)3)15-10-20-9-13(18)5-6-17(20)19-15/h5-10H,4H2,1-3H3. The minimum atomic E-state index is -0.272. The van der Waals surface area contributed by atoms with Gasteiger partial charge in [0.25, 0.3) is 0 Å². The number of ether oxygens (including phenoxy) is 1. The summed E-state index contributed by atoms with van der Waals surface area (Å²) in [6.07, 6.45) is 3.28. The Labute approximate surface area is 123 Å². The van der Waals surface area contributed by atoms with Gasteiger partial charge in [0.05, 0.1) is 12.3 Å². The van der Waals surface area contributed by atoms with E-state index in [1.165, 1.54) is 12.3 Å². The number of hydrogen-bond acceptors (Lipinski definition) is 2. The number of hydrogen-bond donors (Lipinski definition) is 0. The number of rotatable bonds is 3. The third kappa shape index (κ3) is 2.49. The molecule has 0 amide bonds. The number of pyridine rings is 1. The molecular formula is C17H17FN2O. The lowest BCUT2D eigenvalue weighted by molar-refractivity contribution is 0.337. The summed E-state index contributed by atoms with van der Waals surface area (Å²) in [6, 6.07) is 7.19. The molecule has 0 aliphatic rings. The molecule has 0 unspecified atom stereocenters. The summed E-state index contributed by atoms with van der Waals surface area (Å²) < 4.78 is 20.6. The van der Waals surface area contributed by atoms with Gasteiger partial charge in [-0.25, -0.2) is 9.37 Å². The van der Waals surface area contributed by atoms with Gasteiger partial charge in [0.2, 0.25) is 0 Å². The van der Waals surface area contributed by atoms with Crippen LogP contribution in [0.3, 0.4) is 0 Å². The van der Waals surface area contributed by atoms with Crippen molar-refractivity contribution in [1.82, 2.24) is 9.38 Å². The third-order valence-corrected chi connectivity index (χ3v) is 3.51. The van der Waals surface area contributed by atoms with Crippen LogP contribution in [0.1, 0.15) is 18.1 Å². The number of aromatic nitrogens is 2. The summed E-state index contributed by atoms with van der Waals surface area (Å²) in [6.45, 7) is 6.66. The monoisotopic (exact) mass is 284 g/mol. The van der Waals surface area contributed by atoms with E-state index in [1.54, 1.807) is 10.5 Å². The van der Waals surface area contributed by atoms with Gasteiger partial charge in [-0.05, 0) is 56.2 Å². The second kappa shape index (κ2) is 5.20. The van der Waals surface area contributed by atoms with Crippen molar-refractivity contribution in [2.24, 2.45) is 0 Å². The van der Waals surface area contributed by atoms with Crippen LogP contribution in [0.15, 0.2) is 36.7 Å². The zero-order chi connectivity index (χ0) is 15.0. The Morgan fingerprint density at radius 2 is 1.95 bits per heavy atom. The molecule has 0 N–H and O–H groups in total. The van der Waals surface area contributed by atoms with Crippen molar-refractivity contribution in [3.05, 3.63) is 53.6 Å². The summed E-state index contributed by atoms with van der Waals surface area (Å²) in [5, 5.41) is 0. The van der Waals surface area contributed by atoms with E-state index in [4.69, 9.17) is 4.74 Å². The van der Waals surface area contributed by atoms with E-state index in [1.807, 2.05) is 33.0 Å². The van der Waals surface area contributed by atoms with Crippen LogP contribution in [0.5, 0.6) is 5.75 Å². The van der Waals surface area contributed by atoms with Crippen LogP contribution in [0.25, 0.3) is 16.9 Å². The van der Waals surface area contributed by atoms with E-state index in [9.17, 15) is 4.39 Å². The molecule has 0 saturated carbocycles. The van der Waals surface area contributed by atoms with Gasteiger partial charge in [0.15, 0.2) is 0 Å². The first-order valence-electron chi connectivity index (χ1n) is 6.97. The SMILES string of the molecule is CCOc1cc(C)c(-c2cn3cc(F)ccc3n2)cc1C. The number of aryl methyl sites for hydroxylation is 2.